The van der Waals surface area contributed by atoms with Crippen LogP contribution in [0.2, 0.25) is 0 Å². The van der Waals surface area contributed by atoms with Crippen LogP contribution in [0.5, 0.6) is 0 Å². The minimum absolute atomic E-state index is 0.0383. The van der Waals surface area contributed by atoms with E-state index in [4.69, 9.17) is 5.11 Å². The van der Waals surface area contributed by atoms with Crippen LogP contribution in [0.1, 0.15) is 32.6 Å². The molecule has 0 aromatic rings. The first kappa shape index (κ1) is 13.8. The Bertz CT molecular complexity index is 208. The van der Waals surface area contributed by atoms with Gasteiger partial charge in [-0.3, -0.25) is 0 Å². The van der Waals surface area contributed by atoms with E-state index in [0.717, 1.165) is 6.42 Å². The van der Waals surface area contributed by atoms with Crippen LogP contribution in [0.25, 0.3) is 0 Å². The zero-order valence-corrected chi connectivity index (χ0v) is 9.56. The maximum Gasteiger partial charge on any atom is 0.392 e. The Morgan fingerprint density at radius 1 is 1.31 bits per heavy atom. The predicted octanol–water partition coefficient (Wildman–Crippen LogP) is 2.33. The summed E-state index contributed by atoms with van der Waals surface area (Å²) in [5.41, 5.74) is 0. The summed E-state index contributed by atoms with van der Waals surface area (Å²) < 4.78 is 38.2. The number of hydrogen-bond donors (Lipinski definition) is 2. The second-order valence-corrected chi connectivity index (χ2v) is 4.68. The van der Waals surface area contributed by atoms with Gasteiger partial charge in [0.1, 0.15) is 0 Å². The number of halogens is 3. The summed E-state index contributed by atoms with van der Waals surface area (Å²) in [6.45, 7) is 2.08. The van der Waals surface area contributed by atoms with Gasteiger partial charge in [0.15, 0.2) is 0 Å². The first-order valence-electron chi connectivity index (χ1n) is 5.86. The van der Waals surface area contributed by atoms with E-state index >= 15 is 0 Å². The van der Waals surface area contributed by atoms with Crippen molar-refractivity contribution in [2.75, 3.05) is 13.2 Å². The van der Waals surface area contributed by atoms with E-state index < -0.39 is 12.1 Å². The zero-order chi connectivity index (χ0) is 12.2. The summed E-state index contributed by atoms with van der Waals surface area (Å²) in [4.78, 5) is 0. The number of rotatable bonds is 4. The molecular formula is C11H20F3NO. The second kappa shape index (κ2) is 5.87. The number of nitrogens with one attached hydrogen (secondary N) is 1. The number of alkyl halides is 3. The largest absolute Gasteiger partial charge is 0.395 e. The topological polar surface area (TPSA) is 32.3 Å². The zero-order valence-electron chi connectivity index (χ0n) is 9.56. The van der Waals surface area contributed by atoms with Crippen molar-refractivity contribution in [3.63, 3.8) is 0 Å². The summed E-state index contributed by atoms with van der Waals surface area (Å²) in [6, 6.07) is -0.129. The van der Waals surface area contributed by atoms with E-state index in [-0.39, 0.29) is 25.0 Å². The average Bonchev–Trinajstić information content (AvgIpc) is 2.25. The molecule has 5 heteroatoms. The minimum atomic E-state index is -4.07. The maximum atomic E-state index is 12.7. The maximum absolute atomic E-state index is 12.7. The molecule has 3 unspecified atom stereocenters. The van der Waals surface area contributed by atoms with Gasteiger partial charge in [-0.2, -0.15) is 13.2 Å². The molecule has 0 heterocycles. The molecule has 16 heavy (non-hydrogen) atoms. The van der Waals surface area contributed by atoms with Gasteiger partial charge in [0.25, 0.3) is 0 Å². The van der Waals surface area contributed by atoms with E-state index in [1.54, 1.807) is 6.92 Å². The summed E-state index contributed by atoms with van der Waals surface area (Å²) >= 11 is 0. The standard InChI is InChI=1S/C11H20F3NO/c1-8(7-16)15-6-9-4-2-3-5-10(9)11(12,13)14/h8-10,15-16H,2-7H2,1H3. The molecule has 0 aromatic heterocycles. The summed E-state index contributed by atoms with van der Waals surface area (Å²) in [7, 11) is 0. The van der Waals surface area contributed by atoms with Crippen molar-refractivity contribution < 1.29 is 18.3 Å². The molecule has 0 bridgehead atoms. The van der Waals surface area contributed by atoms with Crippen molar-refractivity contribution in [2.45, 2.75) is 44.8 Å². The Hall–Kier alpha value is -0.290. The molecule has 1 rings (SSSR count). The van der Waals surface area contributed by atoms with Crippen LogP contribution in [0, 0.1) is 11.8 Å². The highest BCUT2D eigenvalue weighted by Gasteiger charge is 2.45. The first-order chi connectivity index (χ1) is 7.45. The van der Waals surface area contributed by atoms with Gasteiger partial charge in [0, 0.05) is 6.04 Å². The summed E-state index contributed by atoms with van der Waals surface area (Å²) in [5, 5.41) is 11.8. The second-order valence-electron chi connectivity index (χ2n) is 4.68. The Morgan fingerprint density at radius 2 is 1.94 bits per heavy atom. The van der Waals surface area contributed by atoms with E-state index in [1.165, 1.54) is 0 Å². The lowest BCUT2D eigenvalue weighted by atomic mass is 9.78. The van der Waals surface area contributed by atoms with Crippen molar-refractivity contribution in [1.82, 2.24) is 5.32 Å². The van der Waals surface area contributed by atoms with Gasteiger partial charge in [-0.1, -0.05) is 12.8 Å². The van der Waals surface area contributed by atoms with E-state index in [0.29, 0.717) is 19.4 Å². The normalized spacial score (nSPS) is 29.1. The van der Waals surface area contributed by atoms with Gasteiger partial charge in [0.05, 0.1) is 12.5 Å². The third-order valence-corrected chi connectivity index (χ3v) is 3.33. The van der Waals surface area contributed by atoms with Gasteiger partial charge >= 0.3 is 6.18 Å². The Morgan fingerprint density at radius 3 is 2.50 bits per heavy atom. The summed E-state index contributed by atoms with van der Waals surface area (Å²) in [6.07, 6.45) is -1.63. The van der Waals surface area contributed by atoms with Gasteiger partial charge in [-0.25, -0.2) is 0 Å². The quantitative estimate of drug-likeness (QED) is 0.789. The molecule has 2 N–H and O–H groups in total. The molecule has 0 radical (unpaired) electrons. The molecule has 1 saturated carbocycles. The fraction of sp³-hybridized carbons (Fsp3) is 1.00. The van der Waals surface area contributed by atoms with E-state index in [2.05, 4.69) is 5.32 Å². The molecule has 3 atom stereocenters. The van der Waals surface area contributed by atoms with Gasteiger partial charge < -0.3 is 10.4 Å². The van der Waals surface area contributed by atoms with E-state index in [9.17, 15) is 13.2 Å². The molecule has 0 saturated heterocycles. The van der Waals surface area contributed by atoms with Gasteiger partial charge in [-0.15, -0.1) is 0 Å². The van der Waals surface area contributed by atoms with Crippen molar-refractivity contribution in [1.29, 1.82) is 0 Å². The third-order valence-electron chi connectivity index (χ3n) is 3.33. The van der Waals surface area contributed by atoms with Gasteiger partial charge in [0.2, 0.25) is 0 Å². The molecular weight excluding hydrogens is 219 g/mol. The van der Waals surface area contributed by atoms with Crippen LogP contribution in [-0.4, -0.2) is 30.5 Å². The molecule has 2 nitrogen and oxygen atoms in total. The lowest BCUT2D eigenvalue weighted by Crippen LogP contribution is -2.41. The number of hydrogen-bond acceptors (Lipinski definition) is 2. The number of aliphatic hydroxyl groups is 1. The highest BCUT2D eigenvalue weighted by molar-refractivity contribution is 4.82. The Balaban J connectivity index is 2.47. The fourth-order valence-corrected chi connectivity index (χ4v) is 2.30. The lowest BCUT2D eigenvalue weighted by molar-refractivity contribution is -0.195. The molecule has 0 aromatic carbocycles. The average molecular weight is 239 g/mol. The third kappa shape index (κ3) is 3.94. The lowest BCUT2D eigenvalue weighted by Gasteiger charge is -2.33. The molecule has 96 valence electrons. The smallest absolute Gasteiger partial charge is 0.392 e. The fourth-order valence-electron chi connectivity index (χ4n) is 2.30. The van der Waals surface area contributed by atoms with Crippen molar-refractivity contribution >= 4 is 0 Å². The van der Waals surface area contributed by atoms with Crippen LogP contribution in [-0.2, 0) is 0 Å². The van der Waals surface area contributed by atoms with Crippen molar-refractivity contribution in [3.05, 3.63) is 0 Å². The number of aliphatic hydroxyl groups excluding tert-OH is 1. The molecule has 0 spiro atoms. The highest BCUT2D eigenvalue weighted by Crippen LogP contribution is 2.41. The summed E-state index contributed by atoms with van der Waals surface area (Å²) in [5.74, 6) is -1.50. The van der Waals surface area contributed by atoms with E-state index in [1.807, 2.05) is 0 Å². The Kier molecular flexibility index (Phi) is 5.05. The molecule has 1 aliphatic rings. The van der Waals surface area contributed by atoms with Gasteiger partial charge in [-0.05, 0) is 32.2 Å². The molecule has 1 fully saturated rings. The molecule has 1 aliphatic carbocycles. The van der Waals surface area contributed by atoms with Crippen LogP contribution >= 0.6 is 0 Å². The predicted molar refractivity (Wildman–Crippen MR) is 56.1 cm³/mol. The minimum Gasteiger partial charge on any atom is -0.395 e. The van der Waals surface area contributed by atoms with Crippen molar-refractivity contribution in [2.24, 2.45) is 11.8 Å². The van der Waals surface area contributed by atoms with Crippen LogP contribution in [0.15, 0.2) is 0 Å². The van der Waals surface area contributed by atoms with Crippen molar-refractivity contribution in [3.8, 4) is 0 Å². The highest BCUT2D eigenvalue weighted by atomic mass is 19.4. The van der Waals surface area contributed by atoms with Crippen LogP contribution in [0.4, 0.5) is 13.2 Å². The SMILES string of the molecule is CC(CO)NCC1CCCCC1C(F)(F)F. The first-order valence-corrected chi connectivity index (χ1v) is 5.86. The Labute approximate surface area is 94.2 Å². The monoisotopic (exact) mass is 239 g/mol. The molecule has 0 amide bonds. The van der Waals surface area contributed by atoms with Crippen LogP contribution in [0.3, 0.4) is 0 Å². The molecule has 0 aliphatic heterocycles. The van der Waals surface area contributed by atoms with Crippen LogP contribution < -0.4 is 5.32 Å².